The van der Waals surface area contributed by atoms with Crippen LogP contribution in [0.3, 0.4) is 0 Å². The summed E-state index contributed by atoms with van der Waals surface area (Å²) >= 11 is 0. The highest BCUT2D eigenvalue weighted by atomic mass is 32.2. The number of nitrogens with zero attached hydrogens (tertiary/aromatic N) is 2. The summed E-state index contributed by atoms with van der Waals surface area (Å²) < 4.78 is 35.5. The second kappa shape index (κ2) is 4.32. The summed E-state index contributed by atoms with van der Waals surface area (Å²) in [7, 11) is -2.96. The van der Waals surface area contributed by atoms with Crippen LogP contribution in [0.15, 0.2) is 12.4 Å². The molecule has 0 amide bonds. The fraction of sp³-hybridized carbons (Fsp3) is 0.556. The van der Waals surface area contributed by atoms with Crippen molar-refractivity contribution in [2.75, 3.05) is 17.6 Å². The maximum atomic E-state index is 12.5. The van der Waals surface area contributed by atoms with Gasteiger partial charge in [0.05, 0.1) is 23.4 Å². The molecule has 2 heterocycles. The van der Waals surface area contributed by atoms with Crippen LogP contribution in [0.1, 0.15) is 12.8 Å². The molecule has 88 valence electrons. The molecule has 0 spiro atoms. The number of anilines is 1. The van der Waals surface area contributed by atoms with Gasteiger partial charge in [-0.2, -0.15) is 0 Å². The van der Waals surface area contributed by atoms with Gasteiger partial charge in [-0.25, -0.2) is 22.8 Å². The Morgan fingerprint density at radius 2 is 2.12 bits per heavy atom. The second-order valence-corrected chi connectivity index (χ2v) is 6.14. The van der Waals surface area contributed by atoms with E-state index < -0.39 is 15.7 Å². The van der Waals surface area contributed by atoms with Crippen LogP contribution >= 0.6 is 0 Å². The van der Waals surface area contributed by atoms with Crippen molar-refractivity contribution >= 4 is 15.8 Å². The number of halogens is 1. The lowest BCUT2D eigenvalue weighted by Gasteiger charge is -2.09. The number of aromatic nitrogens is 2. The summed E-state index contributed by atoms with van der Waals surface area (Å²) in [5, 5.41) is 2.43. The van der Waals surface area contributed by atoms with Crippen LogP contribution < -0.4 is 5.32 Å². The highest BCUT2D eigenvalue weighted by molar-refractivity contribution is 7.92. The van der Waals surface area contributed by atoms with Gasteiger partial charge in [-0.3, -0.25) is 0 Å². The number of hydrogen-bond acceptors (Lipinski definition) is 5. The third-order valence-corrected chi connectivity index (χ3v) is 4.85. The molecular weight excluding hydrogens is 233 g/mol. The predicted molar refractivity (Wildman–Crippen MR) is 57.3 cm³/mol. The van der Waals surface area contributed by atoms with E-state index in [9.17, 15) is 12.8 Å². The van der Waals surface area contributed by atoms with Crippen LogP contribution in [0.25, 0.3) is 0 Å². The predicted octanol–water partition coefficient (Wildman–Crippen LogP) is 0.605. The summed E-state index contributed by atoms with van der Waals surface area (Å²) in [5.74, 6) is -0.00795. The summed E-state index contributed by atoms with van der Waals surface area (Å²) in [5.41, 5.74) is 0. The molecule has 1 unspecified atom stereocenters. The molecule has 0 aliphatic carbocycles. The zero-order valence-corrected chi connectivity index (χ0v) is 9.37. The van der Waals surface area contributed by atoms with E-state index >= 15 is 0 Å². The Bertz CT molecular complexity index is 460. The van der Waals surface area contributed by atoms with Crippen LogP contribution in [0.2, 0.25) is 0 Å². The van der Waals surface area contributed by atoms with E-state index in [1.54, 1.807) is 0 Å². The van der Waals surface area contributed by atoms with Gasteiger partial charge < -0.3 is 5.32 Å². The largest absolute Gasteiger partial charge is 0.353 e. The normalized spacial score (nSPS) is 23.2. The molecule has 1 fully saturated rings. The van der Waals surface area contributed by atoms with Gasteiger partial charge in [0.1, 0.15) is 0 Å². The minimum absolute atomic E-state index is 0.253. The van der Waals surface area contributed by atoms with Gasteiger partial charge in [0.2, 0.25) is 5.95 Å². The average Bonchev–Trinajstić information content (AvgIpc) is 2.57. The smallest absolute Gasteiger partial charge is 0.222 e. The Labute approximate surface area is 93.0 Å². The van der Waals surface area contributed by atoms with E-state index in [2.05, 4.69) is 15.3 Å². The summed E-state index contributed by atoms with van der Waals surface area (Å²) in [6.45, 7) is 0.286. The molecule has 1 aromatic rings. The topological polar surface area (TPSA) is 72.0 Å². The molecule has 0 bridgehead atoms. The average molecular weight is 245 g/mol. The quantitative estimate of drug-likeness (QED) is 0.844. The van der Waals surface area contributed by atoms with Crippen molar-refractivity contribution in [2.24, 2.45) is 0 Å². The monoisotopic (exact) mass is 245 g/mol. The van der Waals surface area contributed by atoms with Crippen LogP contribution in [0, 0.1) is 5.82 Å². The van der Waals surface area contributed by atoms with Crippen molar-refractivity contribution < 1.29 is 12.8 Å². The van der Waals surface area contributed by atoms with Crippen molar-refractivity contribution in [3.63, 3.8) is 0 Å². The van der Waals surface area contributed by atoms with E-state index in [0.29, 0.717) is 12.8 Å². The Balaban J connectivity index is 1.95. The lowest BCUT2D eigenvalue weighted by Crippen LogP contribution is -2.25. The molecule has 1 aromatic heterocycles. The Hall–Kier alpha value is -1.24. The van der Waals surface area contributed by atoms with Gasteiger partial charge in [0, 0.05) is 6.54 Å². The van der Waals surface area contributed by atoms with Gasteiger partial charge in [-0.05, 0) is 12.8 Å². The standard InChI is InChI=1S/C9H12FN3O2S/c10-7-4-11-9(12-5-7)13-6-8-2-1-3-16(8,14)15/h4-5,8H,1-3,6H2,(H,11,12,13). The molecule has 1 N–H and O–H groups in total. The third kappa shape index (κ3) is 2.46. The zero-order valence-electron chi connectivity index (χ0n) is 8.56. The second-order valence-electron chi connectivity index (χ2n) is 3.74. The van der Waals surface area contributed by atoms with Crippen LogP contribution in [0.5, 0.6) is 0 Å². The molecule has 0 aromatic carbocycles. The fourth-order valence-electron chi connectivity index (χ4n) is 1.70. The molecule has 2 rings (SSSR count). The van der Waals surface area contributed by atoms with Gasteiger partial charge in [0.25, 0.3) is 0 Å². The van der Waals surface area contributed by atoms with Crippen LogP contribution in [0.4, 0.5) is 10.3 Å². The summed E-state index contributed by atoms with van der Waals surface area (Å²) in [6.07, 6.45) is 3.45. The Morgan fingerprint density at radius 3 is 2.69 bits per heavy atom. The van der Waals surface area contributed by atoms with E-state index in [-0.39, 0.29) is 23.5 Å². The minimum atomic E-state index is -2.96. The molecule has 0 radical (unpaired) electrons. The first kappa shape index (κ1) is 11.3. The lowest BCUT2D eigenvalue weighted by atomic mass is 10.2. The van der Waals surface area contributed by atoms with E-state index in [0.717, 1.165) is 12.4 Å². The Morgan fingerprint density at radius 1 is 1.44 bits per heavy atom. The number of rotatable bonds is 3. The maximum absolute atomic E-state index is 12.5. The molecule has 16 heavy (non-hydrogen) atoms. The SMILES string of the molecule is O=S1(=O)CCCC1CNc1ncc(F)cn1. The van der Waals surface area contributed by atoms with Gasteiger partial charge in [0.15, 0.2) is 15.7 Å². The molecule has 5 nitrogen and oxygen atoms in total. The van der Waals surface area contributed by atoms with Crippen molar-refractivity contribution in [1.82, 2.24) is 9.97 Å². The molecule has 7 heteroatoms. The van der Waals surface area contributed by atoms with E-state index in [4.69, 9.17) is 0 Å². The fourth-order valence-corrected chi connectivity index (χ4v) is 3.46. The summed E-state index contributed by atoms with van der Waals surface area (Å²) in [6, 6.07) is 0. The van der Waals surface area contributed by atoms with E-state index in [1.807, 2.05) is 0 Å². The third-order valence-electron chi connectivity index (χ3n) is 2.57. The first-order chi connectivity index (χ1) is 7.58. The molecular formula is C9H12FN3O2S. The van der Waals surface area contributed by atoms with Gasteiger partial charge >= 0.3 is 0 Å². The van der Waals surface area contributed by atoms with Crippen molar-refractivity contribution in [1.29, 1.82) is 0 Å². The molecule has 1 saturated heterocycles. The van der Waals surface area contributed by atoms with Crippen molar-refractivity contribution in [3.05, 3.63) is 18.2 Å². The van der Waals surface area contributed by atoms with Crippen LogP contribution in [-0.4, -0.2) is 35.9 Å². The molecule has 1 aliphatic rings. The first-order valence-corrected chi connectivity index (χ1v) is 6.72. The lowest BCUT2D eigenvalue weighted by molar-refractivity contribution is 0.590. The van der Waals surface area contributed by atoms with Crippen molar-refractivity contribution in [3.8, 4) is 0 Å². The summed E-state index contributed by atoms with van der Waals surface area (Å²) in [4.78, 5) is 7.39. The number of hydrogen-bond donors (Lipinski definition) is 1. The number of sulfone groups is 1. The highest BCUT2D eigenvalue weighted by Crippen LogP contribution is 2.19. The first-order valence-electron chi connectivity index (χ1n) is 5.01. The van der Waals surface area contributed by atoms with Crippen LogP contribution in [-0.2, 0) is 9.84 Å². The van der Waals surface area contributed by atoms with E-state index in [1.165, 1.54) is 0 Å². The maximum Gasteiger partial charge on any atom is 0.222 e. The molecule has 1 atom stereocenters. The number of nitrogens with one attached hydrogen (secondary N) is 1. The van der Waals surface area contributed by atoms with Gasteiger partial charge in [-0.15, -0.1) is 0 Å². The van der Waals surface area contributed by atoms with Crippen molar-refractivity contribution in [2.45, 2.75) is 18.1 Å². The highest BCUT2D eigenvalue weighted by Gasteiger charge is 2.30. The molecule has 0 saturated carbocycles. The van der Waals surface area contributed by atoms with Gasteiger partial charge in [-0.1, -0.05) is 0 Å². The minimum Gasteiger partial charge on any atom is -0.353 e. The Kier molecular flexibility index (Phi) is 3.04. The molecule has 1 aliphatic heterocycles. The zero-order chi connectivity index (χ0) is 11.6.